The van der Waals surface area contributed by atoms with Gasteiger partial charge in [-0.1, -0.05) is 0 Å². The molecule has 3 aromatic heterocycles. The summed E-state index contributed by atoms with van der Waals surface area (Å²) >= 11 is 0. The van der Waals surface area contributed by atoms with E-state index in [9.17, 15) is 0 Å². The van der Waals surface area contributed by atoms with Gasteiger partial charge in [-0.25, -0.2) is 15.0 Å². The molecule has 1 aliphatic rings. The lowest BCUT2D eigenvalue weighted by molar-refractivity contribution is 0.418. The van der Waals surface area contributed by atoms with E-state index in [1.807, 2.05) is 38.4 Å². The molecule has 4 heterocycles. The maximum atomic E-state index is 5.57. The Hall–Kier alpha value is -3.98. The standard InChI is InChI=1S/C25H28N8O/c1-33(2)19-6-4-17(5-7-19)29-22-12-16(8-11-28-22)24-31-20-14-27-15-21(34-3)23(20)25(32-24)30-18-9-10-26-13-18/h4-8,11-12,14-15,18,26H,9-10,13H2,1-3H3,(H,28,29)(H,30,31,32)/t18-/m1/s1. The minimum atomic E-state index is 0.295. The molecule has 0 radical (unpaired) electrons. The van der Waals surface area contributed by atoms with Crippen LogP contribution in [0.4, 0.5) is 23.0 Å². The van der Waals surface area contributed by atoms with Crippen LogP contribution in [0.3, 0.4) is 0 Å². The summed E-state index contributed by atoms with van der Waals surface area (Å²) in [5.74, 6) is 2.72. The Balaban J connectivity index is 1.50. The molecule has 9 heteroatoms. The first-order valence-electron chi connectivity index (χ1n) is 11.3. The first kappa shape index (κ1) is 21.8. The number of rotatable bonds is 7. The lowest BCUT2D eigenvalue weighted by atomic mass is 10.2. The summed E-state index contributed by atoms with van der Waals surface area (Å²) in [6.07, 6.45) is 6.23. The zero-order chi connectivity index (χ0) is 23.5. The van der Waals surface area contributed by atoms with Crippen LogP contribution in [0.15, 0.2) is 55.0 Å². The first-order chi connectivity index (χ1) is 16.6. The van der Waals surface area contributed by atoms with Crippen molar-refractivity contribution in [2.24, 2.45) is 0 Å². The van der Waals surface area contributed by atoms with Gasteiger partial charge in [0, 0.05) is 49.8 Å². The fraction of sp³-hybridized carbons (Fsp3) is 0.280. The number of benzene rings is 1. The van der Waals surface area contributed by atoms with Gasteiger partial charge in [0.1, 0.15) is 17.4 Å². The minimum Gasteiger partial charge on any atom is -0.494 e. The van der Waals surface area contributed by atoms with Crippen LogP contribution in [-0.4, -0.2) is 60.3 Å². The van der Waals surface area contributed by atoms with Crippen LogP contribution in [0.2, 0.25) is 0 Å². The van der Waals surface area contributed by atoms with Gasteiger partial charge in [-0.05, 0) is 49.4 Å². The summed E-state index contributed by atoms with van der Waals surface area (Å²) in [5, 5.41) is 11.2. The zero-order valence-corrected chi connectivity index (χ0v) is 19.5. The van der Waals surface area contributed by atoms with Crippen molar-refractivity contribution in [2.45, 2.75) is 12.5 Å². The number of nitrogens with zero attached hydrogens (tertiary/aromatic N) is 5. The highest BCUT2D eigenvalue weighted by Gasteiger charge is 2.20. The van der Waals surface area contributed by atoms with Crippen LogP contribution in [0, 0.1) is 0 Å². The van der Waals surface area contributed by atoms with Gasteiger partial charge in [-0.3, -0.25) is 4.98 Å². The van der Waals surface area contributed by atoms with Crippen LogP contribution in [0.5, 0.6) is 5.75 Å². The summed E-state index contributed by atoms with van der Waals surface area (Å²) in [6.45, 7) is 1.88. The van der Waals surface area contributed by atoms with Crippen molar-refractivity contribution in [3.05, 3.63) is 55.0 Å². The van der Waals surface area contributed by atoms with Gasteiger partial charge in [0.2, 0.25) is 0 Å². The lowest BCUT2D eigenvalue weighted by Gasteiger charge is -2.17. The van der Waals surface area contributed by atoms with Crippen molar-refractivity contribution in [3.63, 3.8) is 0 Å². The van der Waals surface area contributed by atoms with Crippen LogP contribution >= 0.6 is 0 Å². The van der Waals surface area contributed by atoms with Crippen LogP contribution in [0.25, 0.3) is 22.3 Å². The van der Waals surface area contributed by atoms with E-state index < -0.39 is 0 Å². The fourth-order valence-electron chi connectivity index (χ4n) is 4.04. The lowest BCUT2D eigenvalue weighted by Crippen LogP contribution is -2.23. The number of ether oxygens (including phenoxy) is 1. The quantitative estimate of drug-likeness (QED) is 0.384. The molecule has 1 aromatic carbocycles. The predicted molar refractivity (Wildman–Crippen MR) is 136 cm³/mol. The van der Waals surface area contributed by atoms with Crippen molar-refractivity contribution < 1.29 is 4.74 Å². The molecule has 34 heavy (non-hydrogen) atoms. The second kappa shape index (κ2) is 9.48. The summed E-state index contributed by atoms with van der Waals surface area (Å²) in [6, 6.07) is 12.4. The summed E-state index contributed by atoms with van der Waals surface area (Å²) in [4.78, 5) is 20.5. The third kappa shape index (κ3) is 4.55. The van der Waals surface area contributed by atoms with Gasteiger partial charge in [0.15, 0.2) is 5.82 Å². The van der Waals surface area contributed by atoms with Crippen molar-refractivity contribution in [3.8, 4) is 17.1 Å². The van der Waals surface area contributed by atoms with Gasteiger partial charge in [-0.2, -0.15) is 0 Å². The van der Waals surface area contributed by atoms with Crippen molar-refractivity contribution in [1.82, 2.24) is 25.3 Å². The molecule has 9 nitrogen and oxygen atoms in total. The molecule has 174 valence electrons. The van der Waals surface area contributed by atoms with Gasteiger partial charge in [-0.15, -0.1) is 0 Å². The molecular formula is C25H28N8O. The number of aromatic nitrogens is 4. The van der Waals surface area contributed by atoms with Crippen LogP contribution in [0.1, 0.15) is 6.42 Å². The summed E-state index contributed by atoms with van der Waals surface area (Å²) in [5.41, 5.74) is 3.68. The van der Waals surface area contributed by atoms with Gasteiger partial charge in [0.05, 0.1) is 30.4 Å². The number of fused-ring (bicyclic) bond motifs is 1. The van der Waals surface area contributed by atoms with Crippen molar-refractivity contribution in [1.29, 1.82) is 0 Å². The first-order valence-corrected chi connectivity index (χ1v) is 11.3. The zero-order valence-electron chi connectivity index (χ0n) is 19.5. The van der Waals surface area contributed by atoms with Gasteiger partial charge < -0.3 is 25.6 Å². The Morgan fingerprint density at radius 2 is 1.94 bits per heavy atom. The molecule has 1 aliphatic heterocycles. The summed E-state index contributed by atoms with van der Waals surface area (Å²) in [7, 11) is 5.68. The Labute approximate surface area is 198 Å². The highest BCUT2D eigenvalue weighted by Crippen LogP contribution is 2.32. The van der Waals surface area contributed by atoms with Gasteiger partial charge >= 0.3 is 0 Å². The molecule has 0 amide bonds. The molecule has 0 spiro atoms. The maximum Gasteiger partial charge on any atom is 0.162 e. The van der Waals surface area contributed by atoms with Crippen LogP contribution in [-0.2, 0) is 0 Å². The Bertz CT molecular complexity index is 1290. The molecular weight excluding hydrogens is 428 g/mol. The number of methoxy groups -OCH3 is 1. The molecule has 1 saturated heterocycles. The minimum absolute atomic E-state index is 0.295. The molecule has 1 atom stereocenters. The second-order valence-electron chi connectivity index (χ2n) is 8.46. The SMILES string of the molecule is COc1cncc2nc(-c3ccnc(Nc4ccc(N(C)C)cc4)c3)nc(N[C@@H]3CCNC3)c12. The van der Waals surface area contributed by atoms with E-state index in [1.54, 1.807) is 25.7 Å². The Kier molecular flexibility index (Phi) is 6.09. The average Bonchev–Trinajstić information content (AvgIpc) is 3.37. The number of anilines is 4. The molecule has 3 N–H and O–H groups in total. The maximum absolute atomic E-state index is 5.57. The molecule has 4 aromatic rings. The average molecular weight is 457 g/mol. The van der Waals surface area contributed by atoms with E-state index in [-0.39, 0.29) is 0 Å². The Morgan fingerprint density at radius 1 is 1.09 bits per heavy atom. The van der Waals surface area contributed by atoms with E-state index in [1.165, 1.54) is 0 Å². The highest BCUT2D eigenvalue weighted by atomic mass is 16.5. The molecule has 0 bridgehead atoms. The largest absolute Gasteiger partial charge is 0.494 e. The number of pyridine rings is 2. The van der Waals surface area contributed by atoms with E-state index in [4.69, 9.17) is 14.7 Å². The number of nitrogens with one attached hydrogen (secondary N) is 3. The Morgan fingerprint density at radius 3 is 2.68 bits per heavy atom. The monoisotopic (exact) mass is 456 g/mol. The summed E-state index contributed by atoms with van der Waals surface area (Å²) < 4.78 is 5.57. The van der Waals surface area contributed by atoms with E-state index in [0.29, 0.717) is 17.6 Å². The van der Waals surface area contributed by atoms with Crippen molar-refractivity contribution in [2.75, 3.05) is 49.8 Å². The van der Waals surface area contributed by atoms with Gasteiger partial charge in [0.25, 0.3) is 0 Å². The molecule has 0 aliphatic carbocycles. The topological polar surface area (TPSA) is 100 Å². The van der Waals surface area contributed by atoms with E-state index in [2.05, 4.69) is 43.0 Å². The third-order valence-corrected chi connectivity index (χ3v) is 5.87. The number of hydrogen-bond donors (Lipinski definition) is 3. The third-order valence-electron chi connectivity index (χ3n) is 5.87. The molecule has 0 unspecified atom stereocenters. The molecule has 5 rings (SSSR count). The molecule has 0 saturated carbocycles. The fourth-order valence-corrected chi connectivity index (χ4v) is 4.04. The molecule has 1 fully saturated rings. The van der Waals surface area contributed by atoms with E-state index >= 15 is 0 Å². The second-order valence-corrected chi connectivity index (χ2v) is 8.46. The van der Waals surface area contributed by atoms with E-state index in [0.717, 1.165) is 59.0 Å². The smallest absolute Gasteiger partial charge is 0.162 e. The van der Waals surface area contributed by atoms with Crippen molar-refractivity contribution >= 4 is 33.9 Å². The normalized spacial score (nSPS) is 15.3. The number of hydrogen-bond acceptors (Lipinski definition) is 9. The highest BCUT2D eigenvalue weighted by molar-refractivity contribution is 5.95. The van der Waals surface area contributed by atoms with Crippen LogP contribution < -0.4 is 25.6 Å². The predicted octanol–water partition coefficient (Wildman–Crippen LogP) is 3.68.